The van der Waals surface area contributed by atoms with Gasteiger partial charge >= 0.3 is 11.9 Å². The molecule has 0 radical (unpaired) electrons. The van der Waals surface area contributed by atoms with Crippen LogP contribution in [0, 0.1) is 5.92 Å². The van der Waals surface area contributed by atoms with Crippen molar-refractivity contribution in [2.75, 3.05) is 6.54 Å². The van der Waals surface area contributed by atoms with Crippen molar-refractivity contribution < 1.29 is 24.6 Å². The first-order chi connectivity index (χ1) is 10.9. The zero-order valence-corrected chi connectivity index (χ0v) is 13.5. The summed E-state index contributed by atoms with van der Waals surface area (Å²) in [5.41, 5.74) is 0. The highest BCUT2D eigenvalue weighted by Gasteiger charge is 2.42. The minimum absolute atomic E-state index is 0.0140. The van der Waals surface area contributed by atoms with Gasteiger partial charge in [-0.2, -0.15) is 0 Å². The molecule has 3 N–H and O–H groups in total. The van der Waals surface area contributed by atoms with E-state index in [1.807, 2.05) is 6.92 Å². The number of amides is 1. The second kappa shape index (κ2) is 7.77. The van der Waals surface area contributed by atoms with Crippen molar-refractivity contribution in [2.24, 2.45) is 5.92 Å². The Hall–Kier alpha value is -1.63. The summed E-state index contributed by atoms with van der Waals surface area (Å²) in [6.45, 7) is 1.59. The predicted octanol–water partition coefficient (Wildman–Crippen LogP) is 1.07. The number of aliphatic carboxylic acids is 2. The van der Waals surface area contributed by atoms with Crippen LogP contribution in [0.5, 0.6) is 0 Å². The molecule has 0 bridgehead atoms. The lowest BCUT2D eigenvalue weighted by molar-refractivity contribution is -0.148. The summed E-state index contributed by atoms with van der Waals surface area (Å²) < 4.78 is 0. The number of nitrogens with zero attached hydrogens (tertiary/aromatic N) is 1. The second-order valence-electron chi connectivity index (χ2n) is 6.59. The molecule has 7 heteroatoms. The van der Waals surface area contributed by atoms with Crippen LogP contribution in [0.3, 0.4) is 0 Å². The highest BCUT2D eigenvalue weighted by molar-refractivity contribution is 5.86. The standard InChI is InChI=1S/C16H26N2O5/c1-2-4-12(16(22)23)17-11-8-7-10-5-3-6-13(10)18(15(11)21)9-14(19)20/h10-13,17H,2-9H2,1H3,(H,19,20)(H,22,23)/t10-,11-,12-,13-/m0/s1. The third-order valence-electron chi connectivity index (χ3n) is 5.01. The van der Waals surface area contributed by atoms with Crippen molar-refractivity contribution in [1.29, 1.82) is 0 Å². The molecule has 1 saturated heterocycles. The number of carbonyl (C=O) groups is 3. The van der Waals surface area contributed by atoms with Crippen molar-refractivity contribution in [1.82, 2.24) is 10.2 Å². The van der Waals surface area contributed by atoms with Crippen molar-refractivity contribution in [3.8, 4) is 0 Å². The fourth-order valence-electron chi connectivity index (χ4n) is 3.94. The summed E-state index contributed by atoms with van der Waals surface area (Å²) in [7, 11) is 0. The molecule has 1 heterocycles. The van der Waals surface area contributed by atoms with Gasteiger partial charge in [0.2, 0.25) is 5.91 Å². The monoisotopic (exact) mass is 326 g/mol. The van der Waals surface area contributed by atoms with Gasteiger partial charge in [0, 0.05) is 6.04 Å². The quantitative estimate of drug-likeness (QED) is 0.646. The zero-order valence-electron chi connectivity index (χ0n) is 13.5. The molecule has 0 aromatic carbocycles. The predicted molar refractivity (Wildman–Crippen MR) is 83.0 cm³/mol. The van der Waals surface area contributed by atoms with Gasteiger partial charge in [0.15, 0.2) is 0 Å². The van der Waals surface area contributed by atoms with Crippen molar-refractivity contribution in [3.05, 3.63) is 0 Å². The molecule has 0 spiro atoms. The summed E-state index contributed by atoms with van der Waals surface area (Å²) in [5, 5.41) is 21.4. The van der Waals surface area contributed by atoms with Crippen LogP contribution >= 0.6 is 0 Å². The van der Waals surface area contributed by atoms with Gasteiger partial charge in [-0.1, -0.05) is 19.8 Å². The molecule has 1 amide bonds. The Bertz CT molecular complexity index is 467. The highest BCUT2D eigenvalue weighted by atomic mass is 16.4. The van der Waals surface area contributed by atoms with E-state index in [9.17, 15) is 19.5 Å². The Morgan fingerprint density at radius 3 is 2.61 bits per heavy atom. The first-order valence-corrected chi connectivity index (χ1v) is 8.45. The normalized spacial score (nSPS) is 29.0. The summed E-state index contributed by atoms with van der Waals surface area (Å²) in [5.74, 6) is -1.91. The van der Waals surface area contributed by atoms with Crippen LogP contribution < -0.4 is 5.32 Å². The smallest absolute Gasteiger partial charge is 0.323 e. The average Bonchev–Trinajstić information content (AvgIpc) is 2.91. The van der Waals surface area contributed by atoms with Crippen LogP contribution in [0.4, 0.5) is 0 Å². The van der Waals surface area contributed by atoms with Gasteiger partial charge in [0.05, 0.1) is 6.04 Å². The van der Waals surface area contributed by atoms with Crippen LogP contribution in [0.2, 0.25) is 0 Å². The van der Waals surface area contributed by atoms with E-state index in [0.29, 0.717) is 25.2 Å². The SMILES string of the molecule is CCC[C@H](N[C@H]1CC[C@@H]2CCC[C@@H]2N(CC(=O)O)C1=O)C(=O)O. The fraction of sp³-hybridized carbons (Fsp3) is 0.812. The van der Waals surface area contributed by atoms with E-state index in [2.05, 4.69) is 5.32 Å². The van der Waals surface area contributed by atoms with Gasteiger partial charge < -0.3 is 15.1 Å². The van der Waals surface area contributed by atoms with E-state index < -0.39 is 24.0 Å². The molecule has 1 aliphatic heterocycles. The minimum Gasteiger partial charge on any atom is -0.480 e. The lowest BCUT2D eigenvalue weighted by atomic mass is 9.97. The van der Waals surface area contributed by atoms with E-state index in [1.165, 1.54) is 4.90 Å². The second-order valence-corrected chi connectivity index (χ2v) is 6.59. The number of nitrogens with one attached hydrogen (secondary N) is 1. The molecule has 0 aromatic rings. The van der Waals surface area contributed by atoms with Crippen LogP contribution in [0.25, 0.3) is 0 Å². The number of carbonyl (C=O) groups excluding carboxylic acids is 1. The molecule has 1 aliphatic carbocycles. The van der Waals surface area contributed by atoms with Gasteiger partial charge in [0.1, 0.15) is 12.6 Å². The highest BCUT2D eigenvalue weighted by Crippen LogP contribution is 2.36. The first-order valence-electron chi connectivity index (χ1n) is 8.45. The lowest BCUT2D eigenvalue weighted by Crippen LogP contribution is -2.54. The number of hydrogen-bond donors (Lipinski definition) is 3. The first kappa shape index (κ1) is 17.7. The van der Waals surface area contributed by atoms with Crippen molar-refractivity contribution in [3.63, 3.8) is 0 Å². The van der Waals surface area contributed by atoms with Gasteiger partial charge in [0.25, 0.3) is 0 Å². The van der Waals surface area contributed by atoms with Gasteiger partial charge in [-0.25, -0.2) is 0 Å². The van der Waals surface area contributed by atoms with Crippen LogP contribution in [-0.4, -0.2) is 57.6 Å². The summed E-state index contributed by atoms with van der Waals surface area (Å²) in [4.78, 5) is 36.7. The van der Waals surface area contributed by atoms with E-state index in [0.717, 1.165) is 25.7 Å². The van der Waals surface area contributed by atoms with E-state index in [-0.39, 0.29) is 18.5 Å². The number of hydrogen-bond acceptors (Lipinski definition) is 4. The molecule has 23 heavy (non-hydrogen) atoms. The Balaban J connectivity index is 2.15. The number of fused-ring (bicyclic) bond motifs is 1. The fourth-order valence-corrected chi connectivity index (χ4v) is 3.94. The van der Waals surface area contributed by atoms with Crippen molar-refractivity contribution in [2.45, 2.75) is 70.0 Å². The van der Waals surface area contributed by atoms with E-state index in [4.69, 9.17) is 5.11 Å². The molecule has 0 unspecified atom stereocenters. The van der Waals surface area contributed by atoms with Gasteiger partial charge in [-0.15, -0.1) is 0 Å². The number of carboxylic acids is 2. The number of likely N-dealkylation sites (tertiary alicyclic amines) is 1. The van der Waals surface area contributed by atoms with Crippen LogP contribution in [0.15, 0.2) is 0 Å². The molecular formula is C16H26N2O5. The Morgan fingerprint density at radius 2 is 2.00 bits per heavy atom. The molecule has 4 atom stereocenters. The van der Waals surface area contributed by atoms with Crippen LogP contribution in [-0.2, 0) is 14.4 Å². The van der Waals surface area contributed by atoms with Gasteiger partial charge in [-0.3, -0.25) is 19.7 Å². The molecule has 1 saturated carbocycles. The molecule has 0 aromatic heterocycles. The maximum atomic E-state index is 12.8. The molecule has 2 fully saturated rings. The Kier molecular flexibility index (Phi) is 5.98. The number of rotatable bonds is 7. The minimum atomic E-state index is -1.02. The van der Waals surface area contributed by atoms with Crippen LogP contribution in [0.1, 0.15) is 51.9 Å². The topological polar surface area (TPSA) is 107 Å². The van der Waals surface area contributed by atoms with E-state index in [1.54, 1.807) is 0 Å². The maximum absolute atomic E-state index is 12.8. The summed E-state index contributed by atoms with van der Waals surface area (Å²) in [6, 6.07) is -1.38. The largest absolute Gasteiger partial charge is 0.480 e. The molecular weight excluding hydrogens is 300 g/mol. The maximum Gasteiger partial charge on any atom is 0.323 e. The number of carboxylic acid groups (broad SMARTS) is 2. The average molecular weight is 326 g/mol. The molecule has 7 nitrogen and oxygen atoms in total. The summed E-state index contributed by atoms with van der Waals surface area (Å²) in [6.07, 6.45) is 5.43. The Labute approximate surface area is 136 Å². The lowest BCUT2D eigenvalue weighted by Gasteiger charge is -2.31. The Morgan fingerprint density at radius 1 is 1.26 bits per heavy atom. The summed E-state index contributed by atoms with van der Waals surface area (Å²) >= 11 is 0. The third-order valence-corrected chi connectivity index (χ3v) is 5.01. The molecule has 130 valence electrons. The van der Waals surface area contributed by atoms with Crippen molar-refractivity contribution >= 4 is 17.8 Å². The van der Waals surface area contributed by atoms with Gasteiger partial charge in [-0.05, 0) is 38.0 Å². The van der Waals surface area contributed by atoms with E-state index >= 15 is 0 Å². The molecule has 2 rings (SSSR count). The molecule has 2 aliphatic rings. The third kappa shape index (κ3) is 4.22. The zero-order chi connectivity index (χ0) is 17.0.